The van der Waals surface area contributed by atoms with Crippen LogP contribution in [0.3, 0.4) is 0 Å². The zero-order valence-corrected chi connectivity index (χ0v) is 15.4. The van der Waals surface area contributed by atoms with Gasteiger partial charge >= 0.3 is 0 Å². The van der Waals surface area contributed by atoms with Crippen LogP contribution in [0.1, 0.15) is 32.8 Å². The number of allylic oxidation sites excluding steroid dienone is 2. The van der Waals surface area contributed by atoms with Crippen LogP contribution in [0, 0.1) is 11.3 Å². The SMILES string of the molecule is CSc1sc(C(=O)/C(C#N)=C/c2ccc(Cl)cc2)c2c1C=CCC2. The lowest BCUT2D eigenvalue weighted by Crippen LogP contribution is -2.04. The van der Waals surface area contributed by atoms with Gasteiger partial charge in [-0.05, 0) is 48.4 Å². The monoisotopic (exact) mass is 371 g/mol. The highest BCUT2D eigenvalue weighted by molar-refractivity contribution is 8.00. The number of benzene rings is 1. The molecule has 0 aliphatic heterocycles. The Morgan fingerprint density at radius 3 is 2.79 bits per heavy atom. The Kier molecular flexibility index (Phi) is 5.25. The minimum atomic E-state index is -0.190. The average Bonchev–Trinajstić information content (AvgIpc) is 2.99. The van der Waals surface area contributed by atoms with E-state index in [1.165, 1.54) is 11.3 Å². The largest absolute Gasteiger partial charge is 0.287 e. The number of hydrogen-bond acceptors (Lipinski definition) is 4. The standard InChI is InChI=1S/C19H14ClNOS2/c1-23-19-16-5-3-2-4-15(16)18(24-19)17(22)13(11-21)10-12-6-8-14(20)9-7-12/h3,5-10H,2,4H2,1H3/b13-10+. The first kappa shape index (κ1) is 17.0. The Bertz CT molecular complexity index is 885. The van der Waals surface area contributed by atoms with Gasteiger partial charge < -0.3 is 0 Å². The maximum absolute atomic E-state index is 12.9. The molecule has 0 fully saturated rings. The molecule has 0 saturated heterocycles. The number of fused-ring (bicyclic) bond motifs is 1. The van der Waals surface area contributed by atoms with E-state index in [0.717, 1.165) is 33.7 Å². The summed E-state index contributed by atoms with van der Waals surface area (Å²) >= 11 is 9.01. The number of carbonyl (C=O) groups excluding carboxylic acids is 1. The van der Waals surface area contributed by atoms with Crippen LogP contribution in [-0.2, 0) is 6.42 Å². The first-order valence-electron chi connectivity index (χ1n) is 7.42. The van der Waals surface area contributed by atoms with Crippen molar-refractivity contribution in [2.75, 3.05) is 6.26 Å². The minimum Gasteiger partial charge on any atom is -0.287 e. The second kappa shape index (κ2) is 7.40. The molecule has 0 spiro atoms. The third-order valence-electron chi connectivity index (χ3n) is 3.80. The quantitative estimate of drug-likeness (QED) is 0.292. The first-order valence-corrected chi connectivity index (χ1v) is 9.84. The topological polar surface area (TPSA) is 40.9 Å². The van der Waals surface area contributed by atoms with Crippen LogP contribution in [0.15, 0.2) is 40.1 Å². The van der Waals surface area contributed by atoms with Crippen molar-refractivity contribution in [3.8, 4) is 6.07 Å². The molecule has 1 aromatic carbocycles. The van der Waals surface area contributed by atoms with Gasteiger partial charge in [0.25, 0.3) is 0 Å². The molecular weight excluding hydrogens is 358 g/mol. The summed E-state index contributed by atoms with van der Waals surface area (Å²) in [6, 6.07) is 9.15. The Labute approximate surface area is 154 Å². The van der Waals surface area contributed by atoms with Crippen LogP contribution < -0.4 is 0 Å². The van der Waals surface area contributed by atoms with Gasteiger partial charge in [0.1, 0.15) is 11.6 Å². The number of nitriles is 1. The molecule has 1 aliphatic rings. The van der Waals surface area contributed by atoms with Crippen molar-refractivity contribution in [1.29, 1.82) is 5.26 Å². The lowest BCUT2D eigenvalue weighted by atomic mass is 9.96. The van der Waals surface area contributed by atoms with E-state index in [1.807, 2.05) is 6.26 Å². The fourth-order valence-corrected chi connectivity index (χ4v) is 4.78. The summed E-state index contributed by atoms with van der Waals surface area (Å²) < 4.78 is 1.13. The molecule has 2 nitrogen and oxygen atoms in total. The summed E-state index contributed by atoms with van der Waals surface area (Å²) in [5, 5.41) is 10.1. The van der Waals surface area contributed by atoms with E-state index in [0.29, 0.717) is 9.90 Å². The van der Waals surface area contributed by atoms with Crippen LogP contribution in [-0.4, -0.2) is 12.0 Å². The molecule has 24 heavy (non-hydrogen) atoms. The van der Waals surface area contributed by atoms with E-state index in [-0.39, 0.29) is 11.4 Å². The molecule has 1 aliphatic carbocycles. The normalized spacial score (nSPS) is 13.5. The molecule has 3 rings (SSSR count). The Balaban J connectivity index is 2.01. The third kappa shape index (κ3) is 3.34. The highest BCUT2D eigenvalue weighted by Gasteiger charge is 2.24. The third-order valence-corrected chi connectivity index (χ3v) is 6.43. The van der Waals surface area contributed by atoms with Gasteiger partial charge in [-0.2, -0.15) is 5.26 Å². The number of ketones is 1. The first-order chi connectivity index (χ1) is 11.6. The van der Waals surface area contributed by atoms with Gasteiger partial charge in [-0.25, -0.2) is 0 Å². The number of thiophene rings is 1. The lowest BCUT2D eigenvalue weighted by molar-refractivity contribution is 0.104. The Morgan fingerprint density at radius 1 is 1.38 bits per heavy atom. The molecule has 5 heteroatoms. The number of rotatable bonds is 4. The van der Waals surface area contributed by atoms with Crippen molar-refractivity contribution in [3.63, 3.8) is 0 Å². The van der Waals surface area contributed by atoms with Crippen LogP contribution in [0.2, 0.25) is 5.02 Å². The average molecular weight is 372 g/mol. The van der Waals surface area contributed by atoms with Gasteiger partial charge in [0.15, 0.2) is 0 Å². The predicted octanol–water partition coefficient (Wildman–Crippen LogP) is 5.87. The molecule has 0 amide bonds. The molecule has 1 aromatic heterocycles. The van der Waals surface area contributed by atoms with Crippen molar-refractivity contribution >= 4 is 52.6 Å². The van der Waals surface area contributed by atoms with Gasteiger partial charge in [0, 0.05) is 10.6 Å². The molecule has 1 heterocycles. The zero-order valence-electron chi connectivity index (χ0n) is 13.0. The van der Waals surface area contributed by atoms with E-state index in [2.05, 4.69) is 18.2 Å². The van der Waals surface area contributed by atoms with Crippen molar-refractivity contribution in [1.82, 2.24) is 0 Å². The summed E-state index contributed by atoms with van der Waals surface area (Å²) in [4.78, 5) is 13.6. The number of nitrogens with zero attached hydrogens (tertiary/aromatic N) is 1. The fraction of sp³-hybridized carbons (Fsp3) is 0.158. The Hall–Kier alpha value is -1.80. The maximum Gasteiger partial charge on any atom is 0.213 e. The molecule has 2 aromatic rings. The van der Waals surface area contributed by atoms with Crippen molar-refractivity contribution < 1.29 is 4.79 Å². The summed E-state index contributed by atoms with van der Waals surface area (Å²) in [5.41, 5.74) is 3.17. The molecular formula is C19H14ClNOS2. The van der Waals surface area contributed by atoms with E-state index in [4.69, 9.17) is 11.6 Å². The molecule has 0 saturated carbocycles. The summed E-state index contributed by atoms with van der Waals surface area (Å²) in [5.74, 6) is -0.190. The highest BCUT2D eigenvalue weighted by atomic mass is 35.5. The molecule has 0 unspecified atom stereocenters. The van der Waals surface area contributed by atoms with Crippen molar-refractivity contribution in [2.45, 2.75) is 17.1 Å². The lowest BCUT2D eigenvalue weighted by Gasteiger charge is -2.08. The molecule has 0 bridgehead atoms. The van der Waals surface area contributed by atoms with E-state index >= 15 is 0 Å². The molecule has 120 valence electrons. The zero-order chi connectivity index (χ0) is 17.1. The van der Waals surface area contributed by atoms with Crippen molar-refractivity contribution in [2.24, 2.45) is 0 Å². The van der Waals surface area contributed by atoms with Gasteiger partial charge in [-0.3, -0.25) is 4.79 Å². The van der Waals surface area contributed by atoms with Crippen LogP contribution in [0.5, 0.6) is 0 Å². The molecule has 0 N–H and O–H groups in total. The number of hydrogen-bond donors (Lipinski definition) is 0. The number of halogens is 1. The number of carbonyl (C=O) groups is 1. The van der Waals surface area contributed by atoms with Crippen molar-refractivity contribution in [3.05, 3.63) is 62.5 Å². The summed E-state index contributed by atoms with van der Waals surface area (Å²) in [6.45, 7) is 0. The smallest absolute Gasteiger partial charge is 0.213 e. The highest BCUT2D eigenvalue weighted by Crippen LogP contribution is 2.39. The van der Waals surface area contributed by atoms with E-state index < -0.39 is 0 Å². The Morgan fingerprint density at radius 2 is 2.12 bits per heavy atom. The van der Waals surface area contributed by atoms with Gasteiger partial charge in [-0.1, -0.05) is 35.9 Å². The van der Waals surface area contributed by atoms with Crippen LogP contribution in [0.25, 0.3) is 12.2 Å². The molecule has 0 atom stereocenters. The minimum absolute atomic E-state index is 0.156. The second-order valence-corrected chi connectivity index (χ2v) is 7.84. The van der Waals surface area contributed by atoms with Gasteiger partial charge in [-0.15, -0.1) is 23.1 Å². The second-order valence-electron chi connectivity index (χ2n) is 5.31. The number of thioether (sulfide) groups is 1. The predicted molar refractivity (Wildman–Crippen MR) is 103 cm³/mol. The fourth-order valence-electron chi connectivity index (χ4n) is 2.63. The van der Waals surface area contributed by atoms with Gasteiger partial charge in [0.2, 0.25) is 5.78 Å². The van der Waals surface area contributed by atoms with Crippen LogP contribution in [0.4, 0.5) is 0 Å². The summed E-state index contributed by atoms with van der Waals surface area (Å²) in [6.07, 6.45) is 9.65. The maximum atomic E-state index is 12.9. The number of Topliss-reactive ketones (excluding diaryl/α,β-unsaturated/α-hetero) is 1. The van der Waals surface area contributed by atoms with E-state index in [9.17, 15) is 10.1 Å². The summed E-state index contributed by atoms with van der Waals surface area (Å²) in [7, 11) is 0. The van der Waals surface area contributed by atoms with Gasteiger partial charge in [0.05, 0.1) is 9.09 Å². The van der Waals surface area contributed by atoms with Crippen LogP contribution >= 0.6 is 34.7 Å². The molecule has 0 radical (unpaired) electrons. The van der Waals surface area contributed by atoms with E-state index in [1.54, 1.807) is 42.1 Å².